The van der Waals surface area contributed by atoms with Gasteiger partial charge in [0.05, 0.1) is 22.0 Å². The van der Waals surface area contributed by atoms with Gasteiger partial charge in [0.1, 0.15) is 0 Å². The summed E-state index contributed by atoms with van der Waals surface area (Å²) in [5.74, 6) is 0.0595. The molecular weight excluding hydrogens is 414 g/mol. The average molecular weight is 438 g/mol. The van der Waals surface area contributed by atoms with Crippen molar-refractivity contribution in [3.8, 4) is 0 Å². The molecule has 0 spiro atoms. The minimum absolute atomic E-state index is 0.0704. The van der Waals surface area contributed by atoms with Gasteiger partial charge in [0.25, 0.3) is 5.91 Å². The van der Waals surface area contributed by atoms with E-state index in [1.807, 2.05) is 6.92 Å². The predicted molar refractivity (Wildman–Crippen MR) is 111 cm³/mol. The first-order valence-corrected chi connectivity index (χ1v) is 11.0. The number of nitrogens with one attached hydrogen (secondary N) is 1. The Morgan fingerprint density at radius 2 is 2.28 bits per heavy atom. The van der Waals surface area contributed by atoms with Crippen molar-refractivity contribution < 1.29 is 19.8 Å². The highest BCUT2D eigenvalue weighted by molar-refractivity contribution is 8.01. The van der Waals surface area contributed by atoms with Crippen LogP contribution in [0.15, 0.2) is 34.9 Å². The summed E-state index contributed by atoms with van der Waals surface area (Å²) in [5, 5.41) is 21.1. The smallest absolute Gasteiger partial charge is 0.323 e. The molecule has 3 heterocycles. The first-order valence-electron chi connectivity index (χ1n) is 9.19. The molecule has 0 aliphatic carbocycles. The lowest BCUT2D eigenvalue weighted by Gasteiger charge is -2.27. The van der Waals surface area contributed by atoms with E-state index in [2.05, 4.69) is 15.3 Å². The SMILES string of the molecule is CCN(C(=O)Nc1ncc(SCC(O)O)s1)C1CCN(C(=O)c2cccnc2)C1. The van der Waals surface area contributed by atoms with Crippen molar-refractivity contribution in [1.29, 1.82) is 0 Å². The lowest BCUT2D eigenvalue weighted by molar-refractivity contribution is -0.0186. The van der Waals surface area contributed by atoms with Crippen LogP contribution >= 0.6 is 23.1 Å². The van der Waals surface area contributed by atoms with Crippen LogP contribution in [-0.2, 0) is 0 Å². The van der Waals surface area contributed by atoms with E-state index >= 15 is 0 Å². The van der Waals surface area contributed by atoms with Crippen LogP contribution in [-0.4, -0.2) is 79.6 Å². The molecule has 11 heteroatoms. The maximum Gasteiger partial charge on any atom is 0.323 e. The summed E-state index contributed by atoms with van der Waals surface area (Å²) >= 11 is 2.54. The summed E-state index contributed by atoms with van der Waals surface area (Å²) in [6.07, 6.45) is 4.08. The average Bonchev–Trinajstić information content (AvgIpc) is 3.37. The van der Waals surface area contributed by atoms with Gasteiger partial charge in [-0.1, -0.05) is 11.3 Å². The molecular formula is C18H23N5O4S2. The molecule has 0 bridgehead atoms. The van der Waals surface area contributed by atoms with Gasteiger partial charge in [0.15, 0.2) is 11.4 Å². The predicted octanol–water partition coefficient (Wildman–Crippen LogP) is 1.71. The molecule has 0 radical (unpaired) electrons. The molecule has 1 aliphatic rings. The van der Waals surface area contributed by atoms with E-state index < -0.39 is 6.29 Å². The summed E-state index contributed by atoms with van der Waals surface area (Å²) in [4.78, 5) is 36.9. The number of aliphatic hydroxyl groups is 2. The Bertz CT molecular complexity index is 833. The number of hydrogen-bond donors (Lipinski definition) is 3. The molecule has 1 fully saturated rings. The molecule has 3 rings (SSSR count). The Balaban J connectivity index is 1.57. The fourth-order valence-electron chi connectivity index (χ4n) is 3.12. The number of likely N-dealkylation sites (N-methyl/N-ethyl adjacent to an activating group) is 1. The number of thioether (sulfide) groups is 1. The van der Waals surface area contributed by atoms with E-state index in [0.717, 1.165) is 4.21 Å². The maximum atomic E-state index is 12.7. The second kappa shape index (κ2) is 10.0. The number of carbonyl (C=O) groups is 2. The quantitative estimate of drug-likeness (QED) is 0.446. The number of thiazole rings is 1. The van der Waals surface area contributed by atoms with Crippen LogP contribution in [0.4, 0.5) is 9.93 Å². The lowest BCUT2D eigenvalue weighted by Crippen LogP contribution is -2.44. The number of aromatic nitrogens is 2. The molecule has 3 N–H and O–H groups in total. The van der Waals surface area contributed by atoms with Gasteiger partial charge in [-0.25, -0.2) is 9.78 Å². The zero-order valence-electron chi connectivity index (χ0n) is 15.9. The van der Waals surface area contributed by atoms with Gasteiger partial charge >= 0.3 is 6.03 Å². The summed E-state index contributed by atoms with van der Waals surface area (Å²) < 4.78 is 0.783. The van der Waals surface area contributed by atoms with Gasteiger partial charge in [-0.05, 0) is 25.5 Å². The molecule has 9 nitrogen and oxygen atoms in total. The summed E-state index contributed by atoms with van der Waals surface area (Å²) in [5.41, 5.74) is 0.543. The summed E-state index contributed by atoms with van der Waals surface area (Å²) in [7, 11) is 0. The van der Waals surface area contributed by atoms with Crippen LogP contribution < -0.4 is 5.32 Å². The van der Waals surface area contributed by atoms with Crippen molar-refractivity contribution in [3.63, 3.8) is 0 Å². The number of hydrogen-bond acceptors (Lipinski definition) is 8. The highest BCUT2D eigenvalue weighted by Crippen LogP contribution is 2.29. The van der Waals surface area contributed by atoms with Gasteiger partial charge in [-0.2, -0.15) is 0 Å². The second-order valence-electron chi connectivity index (χ2n) is 6.43. The molecule has 0 aromatic carbocycles. The zero-order chi connectivity index (χ0) is 20.8. The van der Waals surface area contributed by atoms with Crippen molar-refractivity contribution >= 4 is 40.2 Å². The Kier molecular flexibility index (Phi) is 7.42. The topological polar surface area (TPSA) is 119 Å². The highest BCUT2D eigenvalue weighted by atomic mass is 32.2. The third-order valence-corrected chi connectivity index (χ3v) is 6.64. The number of nitrogens with zero attached hydrogens (tertiary/aromatic N) is 4. The number of carbonyl (C=O) groups excluding carboxylic acids is 2. The number of urea groups is 1. The molecule has 1 aliphatic heterocycles. The molecule has 0 saturated carbocycles. The van der Waals surface area contributed by atoms with Gasteiger partial charge < -0.3 is 20.0 Å². The summed E-state index contributed by atoms with van der Waals surface area (Å²) in [6.45, 7) is 3.47. The van der Waals surface area contributed by atoms with Crippen molar-refractivity contribution in [3.05, 3.63) is 36.3 Å². The van der Waals surface area contributed by atoms with Crippen LogP contribution in [0.2, 0.25) is 0 Å². The number of likely N-dealkylation sites (tertiary alicyclic amines) is 1. The maximum absolute atomic E-state index is 12.7. The first-order chi connectivity index (χ1) is 14.0. The van der Waals surface area contributed by atoms with E-state index in [1.54, 1.807) is 40.5 Å². The molecule has 2 aromatic rings. The van der Waals surface area contributed by atoms with Crippen LogP contribution in [0.3, 0.4) is 0 Å². The normalized spacial score (nSPS) is 16.3. The molecule has 1 saturated heterocycles. The Labute approximate surface area is 176 Å². The fourth-order valence-corrected chi connectivity index (χ4v) is 4.78. The van der Waals surface area contributed by atoms with E-state index in [-0.39, 0.29) is 23.7 Å². The standard InChI is InChI=1S/C18H23N5O4S2/c1-2-23(18(27)21-17-20-9-15(29-17)28-11-14(24)25)13-5-7-22(10-13)16(26)12-4-3-6-19-8-12/h3-4,6,8-9,13-14,24-25H,2,5,7,10-11H2,1H3,(H,20,21,27). The summed E-state index contributed by atoms with van der Waals surface area (Å²) in [6, 6.07) is 3.13. The van der Waals surface area contributed by atoms with Gasteiger partial charge in [-0.3, -0.25) is 15.1 Å². The van der Waals surface area contributed by atoms with Crippen molar-refractivity contribution in [1.82, 2.24) is 19.8 Å². The van der Waals surface area contributed by atoms with Crippen LogP contribution in [0.5, 0.6) is 0 Å². The molecule has 2 aromatic heterocycles. The van der Waals surface area contributed by atoms with Gasteiger partial charge in [-0.15, -0.1) is 11.8 Å². The number of aliphatic hydroxyl groups excluding tert-OH is 1. The Hall–Kier alpha value is -2.21. The van der Waals surface area contributed by atoms with E-state index in [9.17, 15) is 9.59 Å². The fraction of sp³-hybridized carbons (Fsp3) is 0.444. The third kappa shape index (κ3) is 5.66. The van der Waals surface area contributed by atoms with Crippen molar-refractivity contribution in [2.45, 2.75) is 29.9 Å². The Morgan fingerprint density at radius 1 is 1.45 bits per heavy atom. The second-order valence-corrected chi connectivity index (χ2v) is 8.78. The number of anilines is 1. The van der Waals surface area contributed by atoms with E-state index in [1.165, 1.54) is 23.1 Å². The van der Waals surface area contributed by atoms with Crippen LogP contribution in [0.25, 0.3) is 0 Å². The van der Waals surface area contributed by atoms with Gasteiger partial charge in [0, 0.05) is 37.8 Å². The molecule has 3 amide bonds. The van der Waals surface area contributed by atoms with Gasteiger partial charge in [0.2, 0.25) is 0 Å². The lowest BCUT2D eigenvalue weighted by atomic mass is 10.2. The van der Waals surface area contributed by atoms with Crippen LogP contribution in [0, 0.1) is 0 Å². The monoisotopic (exact) mass is 437 g/mol. The zero-order valence-corrected chi connectivity index (χ0v) is 17.5. The van der Waals surface area contributed by atoms with Crippen molar-refractivity contribution in [2.24, 2.45) is 0 Å². The van der Waals surface area contributed by atoms with E-state index in [0.29, 0.717) is 36.8 Å². The molecule has 29 heavy (non-hydrogen) atoms. The largest absolute Gasteiger partial charge is 0.367 e. The molecule has 1 unspecified atom stereocenters. The Morgan fingerprint density at radius 3 is 2.97 bits per heavy atom. The molecule has 1 atom stereocenters. The van der Waals surface area contributed by atoms with Crippen LogP contribution in [0.1, 0.15) is 23.7 Å². The van der Waals surface area contributed by atoms with Crippen molar-refractivity contribution in [2.75, 3.05) is 30.7 Å². The highest BCUT2D eigenvalue weighted by Gasteiger charge is 2.32. The first kappa shape index (κ1) is 21.5. The molecule has 156 valence electrons. The number of amides is 3. The minimum Gasteiger partial charge on any atom is -0.367 e. The number of rotatable bonds is 7. The third-order valence-electron chi connectivity index (χ3n) is 4.47. The number of pyridine rings is 1. The van der Waals surface area contributed by atoms with E-state index in [4.69, 9.17) is 10.2 Å². The minimum atomic E-state index is -1.39.